The Balaban J connectivity index is 2.02. The van der Waals surface area contributed by atoms with Gasteiger partial charge in [-0.2, -0.15) is 4.31 Å². The van der Waals surface area contributed by atoms with Gasteiger partial charge in [-0.25, -0.2) is 16.8 Å². The second-order valence-corrected chi connectivity index (χ2v) is 13.3. The number of sulfonamides is 2. The number of ether oxygens (including phenoxy) is 1. The van der Waals surface area contributed by atoms with Crippen LogP contribution in [-0.4, -0.2) is 87.4 Å². The number of rotatable bonds is 8. The van der Waals surface area contributed by atoms with E-state index in [1.54, 1.807) is 19.9 Å². The largest absolute Gasteiger partial charge is 0.488 e. The van der Waals surface area contributed by atoms with E-state index in [1.165, 1.54) is 35.3 Å². The maximum Gasteiger partial charge on any atom is 0.248 e. The van der Waals surface area contributed by atoms with Gasteiger partial charge < -0.3 is 19.3 Å². The molecular formula is C23H34N4O8S2. The average Bonchev–Trinajstić information content (AvgIpc) is 3.16. The van der Waals surface area contributed by atoms with E-state index in [-0.39, 0.29) is 60.0 Å². The van der Waals surface area contributed by atoms with Crippen LogP contribution in [0.25, 0.3) is 0 Å². The molecule has 3 atom stereocenters. The van der Waals surface area contributed by atoms with E-state index in [2.05, 4.69) is 9.88 Å². The van der Waals surface area contributed by atoms with Crippen molar-refractivity contribution in [3.8, 4) is 5.75 Å². The molecule has 0 spiro atoms. The maximum absolute atomic E-state index is 13.3. The molecule has 2 heterocycles. The number of amides is 1. The van der Waals surface area contributed by atoms with Gasteiger partial charge in [-0.3, -0.25) is 9.52 Å². The summed E-state index contributed by atoms with van der Waals surface area (Å²) in [6.07, 6.45) is 0.242. The third kappa shape index (κ3) is 6.61. The van der Waals surface area contributed by atoms with E-state index in [1.807, 2.05) is 6.92 Å². The average molecular weight is 559 g/mol. The molecular weight excluding hydrogens is 524 g/mol. The van der Waals surface area contributed by atoms with Gasteiger partial charge in [0.05, 0.1) is 31.9 Å². The van der Waals surface area contributed by atoms with Gasteiger partial charge in [0.15, 0.2) is 5.76 Å². The highest BCUT2D eigenvalue weighted by Gasteiger charge is 2.35. The van der Waals surface area contributed by atoms with Gasteiger partial charge >= 0.3 is 0 Å². The van der Waals surface area contributed by atoms with E-state index in [0.29, 0.717) is 11.3 Å². The molecule has 2 N–H and O–H groups in total. The third-order valence-corrected chi connectivity index (χ3v) is 8.97. The minimum Gasteiger partial charge on any atom is -0.488 e. The van der Waals surface area contributed by atoms with Gasteiger partial charge in [-0.15, -0.1) is 0 Å². The zero-order valence-corrected chi connectivity index (χ0v) is 23.4. The molecule has 0 bridgehead atoms. The van der Waals surface area contributed by atoms with Crippen molar-refractivity contribution in [3.63, 3.8) is 0 Å². The molecule has 0 saturated heterocycles. The number of likely N-dealkylation sites (N-methyl/N-ethyl adjacent to an activating group) is 1. The fraction of sp³-hybridized carbons (Fsp3) is 0.565. The molecule has 1 aliphatic rings. The Hall–Kier alpha value is -2.68. The zero-order chi connectivity index (χ0) is 27.7. The summed E-state index contributed by atoms with van der Waals surface area (Å²) in [5.41, 5.74) is 0.947. The minimum atomic E-state index is -3.96. The van der Waals surface area contributed by atoms with Gasteiger partial charge in [0.2, 0.25) is 26.0 Å². The van der Waals surface area contributed by atoms with Crippen LogP contribution in [0.15, 0.2) is 27.6 Å². The molecule has 14 heteroatoms. The number of fused-ring (bicyclic) bond motifs is 1. The summed E-state index contributed by atoms with van der Waals surface area (Å²) in [5, 5.41) is 13.5. The first kappa shape index (κ1) is 28.9. The van der Waals surface area contributed by atoms with Crippen LogP contribution in [0, 0.1) is 19.8 Å². The first-order valence-electron chi connectivity index (χ1n) is 11.7. The van der Waals surface area contributed by atoms with Crippen LogP contribution < -0.4 is 9.46 Å². The summed E-state index contributed by atoms with van der Waals surface area (Å²) in [5.74, 6) is -0.0874. The highest BCUT2D eigenvalue weighted by molar-refractivity contribution is 7.92. The highest BCUT2D eigenvalue weighted by atomic mass is 32.2. The Morgan fingerprint density at radius 2 is 1.95 bits per heavy atom. The molecule has 0 unspecified atom stereocenters. The lowest BCUT2D eigenvalue weighted by Crippen LogP contribution is -2.48. The Labute approximate surface area is 217 Å². The van der Waals surface area contributed by atoms with Crippen LogP contribution in [0.4, 0.5) is 5.69 Å². The topological polar surface area (TPSA) is 159 Å². The number of anilines is 1. The number of aliphatic hydroxyl groups excluding tert-OH is 1. The van der Waals surface area contributed by atoms with E-state index in [9.17, 15) is 26.7 Å². The first-order chi connectivity index (χ1) is 17.1. The predicted octanol–water partition coefficient (Wildman–Crippen LogP) is 1.13. The van der Waals surface area contributed by atoms with Crippen molar-refractivity contribution in [2.45, 2.75) is 51.2 Å². The van der Waals surface area contributed by atoms with Crippen LogP contribution in [0.3, 0.4) is 0 Å². The Morgan fingerprint density at radius 1 is 1.27 bits per heavy atom. The molecule has 1 aromatic carbocycles. The van der Waals surface area contributed by atoms with Crippen molar-refractivity contribution >= 4 is 31.6 Å². The Bertz CT molecular complexity index is 1340. The summed E-state index contributed by atoms with van der Waals surface area (Å²) in [7, 11) is -6.08. The summed E-state index contributed by atoms with van der Waals surface area (Å²) in [4.78, 5) is 14.8. The van der Waals surface area contributed by atoms with Crippen molar-refractivity contribution in [1.29, 1.82) is 0 Å². The summed E-state index contributed by atoms with van der Waals surface area (Å²) >= 11 is 0. The lowest BCUT2D eigenvalue weighted by Gasteiger charge is -2.33. The molecule has 0 aliphatic carbocycles. The molecule has 0 saturated carbocycles. The van der Waals surface area contributed by atoms with Crippen LogP contribution in [0.2, 0.25) is 0 Å². The molecule has 1 aliphatic heterocycles. The number of hydrogen-bond acceptors (Lipinski definition) is 9. The lowest BCUT2D eigenvalue weighted by atomic mass is 10.0. The minimum absolute atomic E-state index is 0.00619. The third-order valence-electron chi connectivity index (χ3n) is 6.29. The molecule has 1 amide bonds. The van der Waals surface area contributed by atoms with Crippen LogP contribution in [-0.2, 0) is 31.3 Å². The molecule has 0 fully saturated rings. The maximum atomic E-state index is 13.3. The van der Waals surface area contributed by atoms with E-state index in [0.717, 1.165) is 6.26 Å². The number of carbonyl (C=O) groups excluding carboxylic acids is 1. The molecule has 206 valence electrons. The highest BCUT2D eigenvalue weighted by Crippen LogP contribution is 2.30. The molecule has 2 aromatic rings. The molecule has 0 radical (unpaired) electrons. The zero-order valence-electron chi connectivity index (χ0n) is 21.8. The van der Waals surface area contributed by atoms with Crippen molar-refractivity contribution in [2.75, 3.05) is 37.7 Å². The first-order valence-corrected chi connectivity index (χ1v) is 15.0. The Morgan fingerprint density at radius 3 is 2.51 bits per heavy atom. The van der Waals surface area contributed by atoms with E-state index in [4.69, 9.17) is 9.26 Å². The van der Waals surface area contributed by atoms with Crippen molar-refractivity contribution in [1.82, 2.24) is 14.4 Å². The number of nitrogens with zero attached hydrogens (tertiary/aromatic N) is 3. The molecule has 1 aromatic heterocycles. The fourth-order valence-corrected chi connectivity index (χ4v) is 6.30. The quantitative estimate of drug-likeness (QED) is 0.484. The van der Waals surface area contributed by atoms with Gasteiger partial charge in [0.25, 0.3) is 0 Å². The smallest absolute Gasteiger partial charge is 0.248 e. The second kappa shape index (κ2) is 11.0. The second-order valence-electron chi connectivity index (χ2n) is 9.52. The van der Waals surface area contributed by atoms with Crippen molar-refractivity contribution in [2.24, 2.45) is 5.92 Å². The predicted molar refractivity (Wildman–Crippen MR) is 136 cm³/mol. The summed E-state index contributed by atoms with van der Waals surface area (Å²) < 4.78 is 65.0. The number of aromatic nitrogens is 1. The van der Waals surface area contributed by atoms with Crippen LogP contribution in [0.1, 0.15) is 30.9 Å². The van der Waals surface area contributed by atoms with E-state index < -0.39 is 32.2 Å². The van der Waals surface area contributed by atoms with E-state index >= 15 is 0 Å². The fourth-order valence-electron chi connectivity index (χ4n) is 4.28. The van der Waals surface area contributed by atoms with Gasteiger partial charge in [-0.05, 0) is 39.0 Å². The van der Waals surface area contributed by atoms with Crippen molar-refractivity contribution in [3.05, 3.63) is 35.2 Å². The SMILES string of the molecule is Cc1noc(C)c1S(=O)(=O)N(C)C[C@H]1Oc2ccc(NS(C)(=O)=O)cc2CC(=O)N([C@H](C)CO)C[C@H]1C. The standard InChI is InChI=1S/C23H34N4O8S2/c1-14-11-27(15(2)13-28)22(29)10-18-9-19(25-36(6,30)31)7-8-20(18)34-21(14)12-26(5)37(32,33)23-16(3)24-35-17(23)4/h7-9,14-15,21,25,28H,10-13H2,1-6H3/t14-,15-,21-/m1/s1. The van der Waals surface area contributed by atoms with Gasteiger partial charge in [0.1, 0.15) is 22.4 Å². The number of benzene rings is 1. The lowest BCUT2D eigenvalue weighted by molar-refractivity contribution is -0.134. The Kier molecular flexibility index (Phi) is 8.57. The summed E-state index contributed by atoms with van der Waals surface area (Å²) in [6, 6.07) is 4.11. The normalized spacial score (nSPS) is 20.0. The number of aliphatic hydroxyl groups is 1. The number of nitrogens with one attached hydrogen (secondary N) is 1. The van der Waals surface area contributed by atoms with Crippen LogP contribution >= 0.6 is 0 Å². The monoisotopic (exact) mass is 558 g/mol. The van der Waals surface area contributed by atoms with Crippen LogP contribution in [0.5, 0.6) is 5.75 Å². The summed E-state index contributed by atoms with van der Waals surface area (Å²) in [6.45, 7) is 6.54. The number of aryl methyl sites for hydroxylation is 2. The molecule has 12 nitrogen and oxygen atoms in total. The van der Waals surface area contributed by atoms with Gasteiger partial charge in [0, 0.05) is 30.8 Å². The number of carbonyl (C=O) groups is 1. The van der Waals surface area contributed by atoms with Gasteiger partial charge in [-0.1, -0.05) is 12.1 Å². The van der Waals surface area contributed by atoms with Crippen molar-refractivity contribution < 1.29 is 36.0 Å². The molecule has 37 heavy (non-hydrogen) atoms. The molecule has 3 rings (SSSR count). The number of hydrogen-bond donors (Lipinski definition) is 2.